The highest BCUT2D eigenvalue weighted by atomic mass is 32.1. The molecule has 2 aliphatic rings. The average Bonchev–Trinajstić information content (AvgIpc) is 2.54. The van der Waals surface area contributed by atoms with Crippen LogP contribution in [0.5, 0.6) is 0 Å². The Morgan fingerprint density at radius 2 is 2.44 bits per heavy atom. The highest BCUT2D eigenvalue weighted by Gasteiger charge is 2.43. The Morgan fingerprint density at radius 3 is 3.11 bits per heavy atom. The molecule has 2 rings (SSSR count). The van der Waals surface area contributed by atoms with Gasteiger partial charge in [0.1, 0.15) is 12.2 Å². The molecule has 2 fully saturated rings. The van der Waals surface area contributed by atoms with Crippen molar-refractivity contribution < 1.29 is 9.53 Å². The lowest BCUT2D eigenvalue weighted by Gasteiger charge is -2.36. The molecular weight excluding hydrogens is 250 g/mol. The minimum Gasteiger partial charge on any atom is -0.465 e. The lowest BCUT2D eigenvalue weighted by molar-refractivity contribution is -0.144. The summed E-state index contributed by atoms with van der Waals surface area (Å²) in [6.45, 7) is 4.61. The summed E-state index contributed by atoms with van der Waals surface area (Å²) in [6.07, 6.45) is 4.51. The second-order valence-electron chi connectivity index (χ2n) is 5.22. The second kappa shape index (κ2) is 5.40. The lowest BCUT2D eigenvalue weighted by atomic mass is 9.83. The Hall–Kier alpha value is -0.880. The number of thiocarbonyl (C=S) groups is 1. The van der Waals surface area contributed by atoms with Crippen LogP contribution in [0.2, 0.25) is 0 Å². The fraction of sp³-hybridized carbons (Fsp3) is 0.833. The van der Waals surface area contributed by atoms with Gasteiger partial charge in [-0.15, -0.1) is 0 Å². The third-order valence-electron chi connectivity index (χ3n) is 3.53. The van der Waals surface area contributed by atoms with Crippen molar-refractivity contribution in [3.05, 3.63) is 0 Å². The highest BCUT2D eigenvalue weighted by Crippen LogP contribution is 2.32. The molecule has 1 saturated heterocycles. The van der Waals surface area contributed by atoms with Gasteiger partial charge in [-0.3, -0.25) is 9.80 Å². The number of hydrogen-bond acceptors (Lipinski definition) is 4. The first-order chi connectivity index (χ1) is 8.54. The molecule has 1 heterocycles. The first-order valence-electron chi connectivity index (χ1n) is 6.58. The van der Waals surface area contributed by atoms with Crippen molar-refractivity contribution in [3.8, 4) is 0 Å². The number of ether oxygens (including phenoxy) is 1. The molecule has 0 aromatic carbocycles. The molecule has 5 nitrogen and oxygen atoms in total. The van der Waals surface area contributed by atoms with Gasteiger partial charge in [-0.2, -0.15) is 0 Å². The van der Waals surface area contributed by atoms with E-state index in [1.54, 1.807) is 11.9 Å². The molecule has 0 aromatic rings. The van der Waals surface area contributed by atoms with E-state index in [2.05, 4.69) is 17.7 Å². The van der Waals surface area contributed by atoms with Crippen LogP contribution in [0.15, 0.2) is 0 Å². The van der Waals surface area contributed by atoms with Crippen LogP contribution < -0.4 is 10.7 Å². The predicted molar refractivity (Wildman–Crippen MR) is 72.6 cm³/mol. The summed E-state index contributed by atoms with van der Waals surface area (Å²) in [5, 5.41) is 5.63. The maximum absolute atomic E-state index is 11.5. The molecule has 1 saturated carbocycles. The van der Waals surface area contributed by atoms with E-state index in [9.17, 15) is 4.79 Å². The maximum atomic E-state index is 11.5. The van der Waals surface area contributed by atoms with E-state index in [0.717, 1.165) is 12.8 Å². The van der Waals surface area contributed by atoms with Crippen molar-refractivity contribution in [1.29, 1.82) is 0 Å². The van der Waals surface area contributed by atoms with Crippen molar-refractivity contribution in [3.63, 3.8) is 0 Å². The Labute approximate surface area is 113 Å². The zero-order valence-corrected chi connectivity index (χ0v) is 11.8. The third-order valence-corrected chi connectivity index (χ3v) is 3.85. The van der Waals surface area contributed by atoms with Crippen molar-refractivity contribution >= 4 is 23.3 Å². The van der Waals surface area contributed by atoms with Crippen LogP contribution in [-0.2, 0) is 9.53 Å². The van der Waals surface area contributed by atoms with Crippen molar-refractivity contribution in [1.82, 2.24) is 15.8 Å². The van der Waals surface area contributed by atoms with E-state index in [1.165, 1.54) is 12.8 Å². The van der Waals surface area contributed by atoms with Crippen LogP contribution in [0.3, 0.4) is 0 Å². The summed E-state index contributed by atoms with van der Waals surface area (Å²) in [4.78, 5) is 11.5. The van der Waals surface area contributed by atoms with Gasteiger partial charge in [0.25, 0.3) is 0 Å². The fourth-order valence-corrected chi connectivity index (χ4v) is 3.13. The summed E-state index contributed by atoms with van der Waals surface area (Å²) in [5.74, 6) is 0.416. The molecule has 0 radical (unpaired) electrons. The number of carbonyl (C=O) groups is 1. The zero-order valence-electron chi connectivity index (χ0n) is 11.0. The fourth-order valence-electron chi connectivity index (χ4n) is 2.82. The molecule has 0 amide bonds. The van der Waals surface area contributed by atoms with Gasteiger partial charge < -0.3 is 10.1 Å². The Kier molecular flexibility index (Phi) is 4.07. The maximum Gasteiger partial charge on any atom is 0.327 e. The first kappa shape index (κ1) is 13.5. The topological polar surface area (TPSA) is 53.6 Å². The van der Waals surface area contributed by atoms with Crippen LogP contribution in [0.4, 0.5) is 0 Å². The minimum absolute atomic E-state index is 0.152. The molecule has 0 unspecified atom stereocenters. The average molecular weight is 271 g/mol. The van der Waals surface area contributed by atoms with Crippen molar-refractivity contribution in [2.75, 3.05) is 13.2 Å². The van der Waals surface area contributed by atoms with Crippen LogP contribution in [0.1, 0.15) is 39.5 Å². The highest BCUT2D eigenvalue weighted by molar-refractivity contribution is 7.80. The number of nitrogens with one attached hydrogen (secondary N) is 2. The van der Waals surface area contributed by atoms with Gasteiger partial charge in [0.05, 0.1) is 6.61 Å². The van der Waals surface area contributed by atoms with E-state index in [0.29, 0.717) is 17.6 Å². The van der Waals surface area contributed by atoms with Crippen LogP contribution >= 0.6 is 12.2 Å². The van der Waals surface area contributed by atoms with Gasteiger partial charge in [0, 0.05) is 0 Å². The molecule has 18 heavy (non-hydrogen) atoms. The zero-order chi connectivity index (χ0) is 13.2. The normalized spacial score (nSPS) is 31.6. The standard InChI is InChI=1S/C12H21N3O2S/c1-3-17-10(16)8-15-11(18)13-12(14-15)6-4-5-9(2)7-12/h9,14H,3-8H2,1-2H3,(H,13,18)/t9-,12-/m1/s1. The van der Waals surface area contributed by atoms with Gasteiger partial charge in [0.2, 0.25) is 0 Å². The van der Waals surface area contributed by atoms with Crippen LogP contribution in [0.25, 0.3) is 0 Å². The molecule has 1 spiro atoms. The molecule has 0 aromatic heterocycles. The van der Waals surface area contributed by atoms with E-state index >= 15 is 0 Å². The Balaban J connectivity index is 1.95. The lowest BCUT2D eigenvalue weighted by Crippen LogP contribution is -2.54. The second-order valence-corrected chi connectivity index (χ2v) is 5.60. The number of hydrogen-bond donors (Lipinski definition) is 2. The molecule has 2 atom stereocenters. The molecule has 102 valence electrons. The van der Waals surface area contributed by atoms with E-state index in [-0.39, 0.29) is 18.2 Å². The SMILES string of the molecule is CCOC(=O)CN1N[C@@]2(CCC[C@@H](C)C2)NC1=S. The molecule has 6 heteroatoms. The number of nitrogens with zero attached hydrogens (tertiary/aromatic N) is 1. The van der Waals surface area contributed by atoms with Crippen molar-refractivity contribution in [2.24, 2.45) is 5.92 Å². The number of esters is 1. The number of rotatable bonds is 3. The van der Waals surface area contributed by atoms with Gasteiger partial charge in [-0.25, -0.2) is 5.43 Å². The smallest absolute Gasteiger partial charge is 0.327 e. The first-order valence-corrected chi connectivity index (χ1v) is 6.98. The Bertz CT molecular complexity index is 350. The third kappa shape index (κ3) is 2.92. The number of carbonyl (C=O) groups excluding carboxylic acids is 1. The summed E-state index contributed by atoms with van der Waals surface area (Å²) >= 11 is 5.28. The molecule has 1 aliphatic carbocycles. The molecule has 2 N–H and O–H groups in total. The summed E-state index contributed by atoms with van der Waals surface area (Å²) in [5.41, 5.74) is 3.20. The molecular formula is C12H21N3O2S. The van der Waals surface area contributed by atoms with E-state index < -0.39 is 0 Å². The largest absolute Gasteiger partial charge is 0.465 e. The van der Waals surface area contributed by atoms with Gasteiger partial charge in [0.15, 0.2) is 5.11 Å². The monoisotopic (exact) mass is 271 g/mol. The van der Waals surface area contributed by atoms with E-state index in [4.69, 9.17) is 17.0 Å². The van der Waals surface area contributed by atoms with E-state index in [1.807, 2.05) is 0 Å². The summed E-state index contributed by atoms with van der Waals surface area (Å²) in [7, 11) is 0. The summed E-state index contributed by atoms with van der Waals surface area (Å²) in [6, 6.07) is 0. The predicted octanol–water partition coefficient (Wildman–Crippen LogP) is 1.15. The van der Waals surface area contributed by atoms with Gasteiger partial charge in [-0.05, 0) is 44.3 Å². The van der Waals surface area contributed by atoms with Crippen molar-refractivity contribution in [2.45, 2.75) is 45.2 Å². The quantitative estimate of drug-likeness (QED) is 0.593. The van der Waals surface area contributed by atoms with Crippen LogP contribution in [-0.4, -0.2) is 34.9 Å². The van der Waals surface area contributed by atoms with Gasteiger partial charge in [-0.1, -0.05) is 13.3 Å². The number of hydrazine groups is 1. The van der Waals surface area contributed by atoms with Crippen LogP contribution in [0, 0.1) is 5.92 Å². The molecule has 0 bridgehead atoms. The minimum atomic E-state index is -0.255. The molecule has 1 aliphatic heterocycles. The summed E-state index contributed by atoms with van der Waals surface area (Å²) < 4.78 is 4.94. The Morgan fingerprint density at radius 1 is 1.67 bits per heavy atom. The van der Waals surface area contributed by atoms with Gasteiger partial charge >= 0.3 is 5.97 Å².